The van der Waals surface area contributed by atoms with Gasteiger partial charge < -0.3 is 4.90 Å². The van der Waals surface area contributed by atoms with Gasteiger partial charge in [-0.25, -0.2) is 4.79 Å². The number of hydrogen-bond donors (Lipinski definition) is 1. The standard InChI is InChI=1S/C9H9NOS/c1-10-7-4-2-3-5-8(7)12-6-9(10)11/h2-5,10H,1,6H2. The zero-order valence-corrected chi connectivity index (χ0v) is 7.36. The Balaban J connectivity index is 2.48. The van der Waals surface area contributed by atoms with E-state index < -0.39 is 0 Å². The lowest BCUT2D eigenvalue weighted by Gasteiger charge is -2.24. The average Bonchev–Trinajstić information content (AvgIpc) is 2.12. The summed E-state index contributed by atoms with van der Waals surface area (Å²) in [5, 5.41) is 0. The molecule has 1 amide bonds. The van der Waals surface area contributed by atoms with Crippen molar-refractivity contribution in [3.05, 3.63) is 31.3 Å². The number of rotatable bonds is 0. The summed E-state index contributed by atoms with van der Waals surface area (Å²) in [7, 11) is 3.77. The summed E-state index contributed by atoms with van der Waals surface area (Å²) in [6.07, 6.45) is 0. The molecule has 1 aromatic carbocycles. The minimum Gasteiger partial charge on any atom is -0.370 e. The van der Waals surface area contributed by atoms with Crippen molar-refractivity contribution in [2.45, 2.75) is 4.90 Å². The highest BCUT2D eigenvalue weighted by molar-refractivity contribution is 8.00. The highest BCUT2D eigenvalue weighted by atomic mass is 32.2. The van der Waals surface area contributed by atoms with E-state index in [1.807, 2.05) is 24.3 Å². The Bertz CT molecular complexity index is 324. The first-order valence-electron chi connectivity index (χ1n) is 3.73. The number of carbonyl (C=O) groups excluding carboxylic acids is 1. The van der Waals surface area contributed by atoms with E-state index in [0.29, 0.717) is 10.7 Å². The molecule has 1 atom stereocenters. The highest BCUT2D eigenvalue weighted by Crippen LogP contribution is 2.26. The molecule has 1 heterocycles. The number of thioether (sulfide) groups is 1. The van der Waals surface area contributed by atoms with Crippen LogP contribution < -0.4 is 4.90 Å². The molecular weight excluding hydrogens is 170 g/mol. The fourth-order valence-corrected chi connectivity index (χ4v) is 2.20. The van der Waals surface area contributed by atoms with Gasteiger partial charge in [0.05, 0.1) is 4.90 Å². The summed E-state index contributed by atoms with van der Waals surface area (Å²) in [5.74, 6) is 0.689. The van der Waals surface area contributed by atoms with Crippen molar-refractivity contribution >= 4 is 23.4 Å². The lowest BCUT2D eigenvalue weighted by atomic mass is 10.3. The fraction of sp³-hybridized carbons (Fsp3) is 0.111. The van der Waals surface area contributed by atoms with E-state index in [0.717, 1.165) is 5.69 Å². The van der Waals surface area contributed by atoms with Crippen LogP contribution in [0, 0.1) is 7.05 Å². The normalized spacial score (nSPS) is 22.1. The lowest BCUT2D eigenvalue weighted by Crippen LogP contribution is -3.06. The average molecular weight is 179 g/mol. The minimum atomic E-state index is 0.152. The Morgan fingerprint density at radius 1 is 1.42 bits per heavy atom. The van der Waals surface area contributed by atoms with E-state index in [-0.39, 0.29) is 5.91 Å². The Labute approximate surface area is 75.6 Å². The summed E-state index contributed by atoms with van der Waals surface area (Å²) < 4.78 is 0. The number of nitrogens with one attached hydrogen (secondary N) is 1. The largest absolute Gasteiger partial charge is 0.370 e. The second-order valence-corrected chi connectivity index (χ2v) is 3.70. The fourth-order valence-electron chi connectivity index (χ4n) is 1.22. The maximum Gasteiger partial charge on any atom is 0.301 e. The van der Waals surface area contributed by atoms with Gasteiger partial charge in [0.2, 0.25) is 0 Å². The second kappa shape index (κ2) is 2.92. The number of fused-ring (bicyclic) bond motifs is 1. The number of para-hydroxylation sites is 1. The van der Waals surface area contributed by atoms with Crippen LogP contribution in [-0.2, 0) is 4.79 Å². The summed E-state index contributed by atoms with van der Waals surface area (Å²) in [6.45, 7) is 0. The SMILES string of the molecule is [CH2-][NH+]1C(=O)CSc2ccccc21. The van der Waals surface area contributed by atoms with Crippen LogP contribution in [0.1, 0.15) is 0 Å². The Morgan fingerprint density at radius 3 is 3.00 bits per heavy atom. The first kappa shape index (κ1) is 7.83. The molecule has 1 unspecified atom stereocenters. The molecule has 1 aliphatic heterocycles. The zero-order valence-electron chi connectivity index (χ0n) is 6.54. The van der Waals surface area contributed by atoms with Gasteiger partial charge in [0.25, 0.3) is 0 Å². The van der Waals surface area contributed by atoms with E-state index in [2.05, 4.69) is 7.05 Å². The van der Waals surface area contributed by atoms with Crippen molar-refractivity contribution in [2.75, 3.05) is 5.75 Å². The molecule has 1 N–H and O–H groups in total. The minimum absolute atomic E-state index is 0.152. The summed E-state index contributed by atoms with van der Waals surface area (Å²) >= 11 is 1.59. The van der Waals surface area contributed by atoms with Crippen LogP contribution in [0.2, 0.25) is 0 Å². The van der Waals surface area contributed by atoms with Crippen molar-refractivity contribution in [1.29, 1.82) is 0 Å². The first-order valence-corrected chi connectivity index (χ1v) is 4.72. The van der Waals surface area contributed by atoms with Gasteiger partial charge in [-0.2, -0.15) is 0 Å². The van der Waals surface area contributed by atoms with Crippen molar-refractivity contribution < 1.29 is 9.69 Å². The molecule has 0 saturated heterocycles. The van der Waals surface area contributed by atoms with Crippen LogP contribution in [0.5, 0.6) is 0 Å². The smallest absolute Gasteiger partial charge is 0.301 e. The molecule has 0 spiro atoms. The van der Waals surface area contributed by atoms with Crippen LogP contribution >= 0.6 is 11.8 Å². The van der Waals surface area contributed by atoms with Crippen molar-refractivity contribution in [2.24, 2.45) is 0 Å². The number of benzene rings is 1. The summed E-state index contributed by atoms with van der Waals surface area (Å²) in [6, 6.07) is 7.89. The van der Waals surface area contributed by atoms with Gasteiger partial charge in [-0.15, -0.1) is 18.8 Å². The second-order valence-electron chi connectivity index (χ2n) is 2.69. The van der Waals surface area contributed by atoms with E-state index in [4.69, 9.17) is 0 Å². The predicted octanol–water partition coefficient (Wildman–Crippen LogP) is 0.627. The van der Waals surface area contributed by atoms with E-state index in [1.54, 1.807) is 11.8 Å². The molecule has 0 saturated carbocycles. The molecule has 2 rings (SSSR count). The number of quaternary nitrogens is 1. The van der Waals surface area contributed by atoms with Crippen LogP contribution in [0.4, 0.5) is 5.69 Å². The molecule has 0 aliphatic carbocycles. The number of hydrogen-bond acceptors (Lipinski definition) is 2. The molecule has 3 heteroatoms. The lowest BCUT2D eigenvalue weighted by molar-refractivity contribution is -0.696. The molecule has 0 fully saturated rings. The first-order chi connectivity index (χ1) is 5.79. The van der Waals surface area contributed by atoms with Gasteiger partial charge >= 0.3 is 5.91 Å². The predicted molar refractivity (Wildman–Crippen MR) is 48.2 cm³/mol. The van der Waals surface area contributed by atoms with Gasteiger partial charge in [0.1, 0.15) is 11.4 Å². The van der Waals surface area contributed by atoms with Crippen molar-refractivity contribution in [3.63, 3.8) is 0 Å². The van der Waals surface area contributed by atoms with E-state index >= 15 is 0 Å². The van der Waals surface area contributed by atoms with Crippen molar-refractivity contribution in [3.8, 4) is 0 Å². The summed E-state index contributed by atoms with van der Waals surface area (Å²) in [4.78, 5) is 13.1. The van der Waals surface area contributed by atoms with Crippen LogP contribution in [0.25, 0.3) is 0 Å². The number of carbonyl (C=O) groups is 1. The van der Waals surface area contributed by atoms with E-state index in [1.165, 1.54) is 4.90 Å². The maximum absolute atomic E-state index is 11.2. The monoisotopic (exact) mass is 179 g/mol. The highest BCUT2D eigenvalue weighted by Gasteiger charge is 2.22. The molecule has 12 heavy (non-hydrogen) atoms. The Morgan fingerprint density at radius 2 is 2.17 bits per heavy atom. The van der Waals surface area contributed by atoms with Crippen molar-refractivity contribution in [1.82, 2.24) is 0 Å². The summed E-state index contributed by atoms with van der Waals surface area (Å²) in [5.41, 5.74) is 0.999. The Kier molecular flexibility index (Phi) is 1.90. The van der Waals surface area contributed by atoms with Gasteiger partial charge in [-0.1, -0.05) is 12.1 Å². The molecule has 0 radical (unpaired) electrons. The van der Waals surface area contributed by atoms with Gasteiger partial charge in [0, 0.05) is 0 Å². The topological polar surface area (TPSA) is 21.5 Å². The van der Waals surface area contributed by atoms with Gasteiger partial charge in [-0.3, -0.25) is 0 Å². The molecule has 0 bridgehead atoms. The third kappa shape index (κ3) is 1.15. The van der Waals surface area contributed by atoms with Crippen LogP contribution in [0.15, 0.2) is 29.2 Å². The third-order valence-electron chi connectivity index (χ3n) is 1.91. The molecular formula is C9H9NOS. The molecule has 2 nitrogen and oxygen atoms in total. The van der Waals surface area contributed by atoms with Gasteiger partial charge in [0.15, 0.2) is 0 Å². The van der Waals surface area contributed by atoms with Gasteiger partial charge in [-0.05, 0) is 12.1 Å². The Hall–Kier alpha value is -0.800. The molecule has 0 aromatic heterocycles. The number of amides is 1. The maximum atomic E-state index is 11.2. The quantitative estimate of drug-likeness (QED) is 0.590. The molecule has 62 valence electrons. The third-order valence-corrected chi connectivity index (χ3v) is 2.98. The van der Waals surface area contributed by atoms with Crippen LogP contribution in [0.3, 0.4) is 0 Å². The zero-order chi connectivity index (χ0) is 8.55. The molecule has 1 aliphatic rings. The van der Waals surface area contributed by atoms with Crippen LogP contribution in [-0.4, -0.2) is 11.7 Å². The molecule has 1 aromatic rings. The van der Waals surface area contributed by atoms with E-state index in [9.17, 15) is 4.79 Å².